The number of methoxy groups -OCH3 is 1. The normalized spacial score (nSPS) is 11.0. The Bertz CT molecular complexity index is 1260. The number of hydrogen-bond acceptors (Lipinski definition) is 5. The van der Waals surface area contributed by atoms with Crippen molar-refractivity contribution >= 4 is 43.2 Å². The van der Waals surface area contributed by atoms with Gasteiger partial charge in [-0.3, -0.25) is 9.52 Å². The van der Waals surface area contributed by atoms with Gasteiger partial charge in [0, 0.05) is 10.2 Å². The van der Waals surface area contributed by atoms with E-state index in [1.165, 1.54) is 19.2 Å². The average molecular weight is 533 g/mol. The van der Waals surface area contributed by atoms with Crippen molar-refractivity contribution in [2.45, 2.75) is 25.2 Å². The molecule has 0 bridgehead atoms. The summed E-state index contributed by atoms with van der Waals surface area (Å²) in [5.74, 6) is 0.579. The Morgan fingerprint density at radius 2 is 1.76 bits per heavy atom. The smallest absolute Gasteiger partial charge is 0.265 e. The van der Waals surface area contributed by atoms with E-state index in [0.29, 0.717) is 15.8 Å². The van der Waals surface area contributed by atoms with Crippen molar-refractivity contribution in [3.05, 3.63) is 76.3 Å². The summed E-state index contributed by atoms with van der Waals surface area (Å²) in [6.45, 7) is 3.99. The Labute approximate surface area is 202 Å². The maximum Gasteiger partial charge on any atom is 0.265 e. The average Bonchev–Trinajstić information content (AvgIpc) is 2.77. The van der Waals surface area contributed by atoms with Crippen molar-refractivity contribution in [2.75, 3.05) is 23.8 Å². The molecule has 0 spiro atoms. The number of anilines is 2. The van der Waals surface area contributed by atoms with E-state index < -0.39 is 10.0 Å². The first-order valence-corrected chi connectivity index (χ1v) is 12.4. The molecule has 0 saturated heterocycles. The number of carbonyl (C=O) groups is 1. The zero-order valence-corrected chi connectivity index (χ0v) is 20.9. The van der Waals surface area contributed by atoms with Gasteiger partial charge in [0.25, 0.3) is 10.0 Å². The van der Waals surface area contributed by atoms with Gasteiger partial charge in [-0.25, -0.2) is 8.42 Å². The molecule has 9 heteroatoms. The van der Waals surface area contributed by atoms with Crippen LogP contribution >= 0.6 is 15.9 Å². The summed E-state index contributed by atoms with van der Waals surface area (Å²) >= 11 is 3.36. The molecule has 2 N–H and O–H groups in total. The number of hydrogen-bond donors (Lipinski definition) is 2. The van der Waals surface area contributed by atoms with Crippen molar-refractivity contribution in [1.29, 1.82) is 0 Å². The van der Waals surface area contributed by atoms with Crippen LogP contribution in [0, 0.1) is 13.8 Å². The maximum absolute atomic E-state index is 13.1. The molecule has 174 valence electrons. The third-order valence-electron chi connectivity index (χ3n) is 4.78. The van der Waals surface area contributed by atoms with Gasteiger partial charge in [-0.1, -0.05) is 24.3 Å². The standard InChI is InChI=1S/C24H25BrN2O5S/c1-16-8-10-19(25)20(14-16)27-33(29,30)23-15-18(9-11-22(23)31-3)26-24(28)12-13-32-21-7-5-4-6-17(21)2/h4-11,14-15,27H,12-13H2,1-3H3,(H,26,28). The topological polar surface area (TPSA) is 93.7 Å². The van der Waals surface area contributed by atoms with E-state index in [2.05, 4.69) is 26.0 Å². The molecule has 0 heterocycles. The molecule has 0 aliphatic heterocycles. The first-order valence-electron chi connectivity index (χ1n) is 10.1. The van der Waals surface area contributed by atoms with Crippen LogP contribution < -0.4 is 19.5 Å². The number of carbonyl (C=O) groups excluding carboxylic acids is 1. The highest BCUT2D eigenvalue weighted by Gasteiger charge is 2.22. The SMILES string of the molecule is COc1ccc(NC(=O)CCOc2ccccc2C)cc1S(=O)(=O)Nc1cc(C)ccc1Br. The van der Waals surface area contributed by atoms with Crippen molar-refractivity contribution in [1.82, 2.24) is 0 Å². The van der Waals surface area contributed by atoms with Gasteiger partial charge in [0.2, 0.25) is 5.91 Å². The molecule has 0 atom stereocenters. The molecule has 0 radical (unpaired) electrons. The van der Waals surface area contributed by atoms with E-state index >= 15 is 0 Å². The summed E-state index contributed by atoms with van der Waals surface area (Å²) in [6.07, 6.45) is 0.108. The van der Waals surface area contributed by atoms with Crippen LogP contribution in [-0.2, 0) is 14.8 Å². The van der Waals surface area contributed by atoms with Gasteiger partial charge in [0.1, 0.15) is 16.4 Å². The van der Waals surface area contributed by atoms with Crippen molar-refractivity contribution < 1.29 is 22.7 Å². The third kappa shape index (κ3) is 6.49. The van der Waals surface area contributed by atoms with Gasteiger partial charge in [-0.05, 0) is 77.3 Å². The molecule has 0 aliphatic carbocycles. The van der Waals surface area contributed by atoms with E-state index in [1.54, 1.807) is 18.2 Å². The van der Waals surface area contributed by atoms with Crippen molar-refractivity contribution in [2.24, 2.45) is 0 Å². The van der Waals surface area contributed by atoms with Crippen LogP contribution in [-0.4, -0.2) is 28.0 Å². The fourth-order valence-electron chi connectivity index (χ4n) is 3.08. The van der Waals surface area contributed by atoms with Gasteiger partial charge in [-0.15, -0.1) is 0 Å². The molecule has 7 nitrogen and oxygen atoms in total. The molecule has 3 aromatic carbocycles. The van der Waals surface area contributed by atoms with Gasteiger partial charge in [0.15, 0.2) is 0 Å². The second kappa shape index (κ2) is 10.7. The fraction of sp³-hybridized carbons (Fsp3) is 0.208. The summed E-state index contributed by atoms with van der Waals surface area (Å²) in [4.78, 5) is 12.3. The molecule has 1 amide bonds. The second-order valence-corrected chi connectivity index (χ2v) is 9.87. The lowest BCUT2D eigenvalue weighted by Gasteiger charge is -2.15. The molecular weight excluding hydrogens is 508 g/mol. The van der Waals surface area contributed by atoms with Crippen LogP contribution in [0.5, 0.6) is 11.5 Å². The van der Waals surface area contributed by atoms with Gasteiger partial charge < -0.3 is 14.8 Å². The summed E-state index contributed by atoms with van der Waals surface area (Å²) in [6, 6.07) is 17.3. The first-order chi connectivity index (χ1) is 15.7. The lowest BCUT2D eigenvalue weighted by atomic mass is 10.2. The largest absolute Gasteiger partial charge is 0.495 e. The number of benzene rings is 3. The molecule has 0 unspecified atom stereocenters. The molecule has 0 saturated carbocycles. The van der Waals surface area contributed by atoms with Gasteiger partial charge in [0.05, 0.1) is 25.8 Å². The molecule has 3 rings (SSSR count). The predicted molar refractivity (Wildman–Crippen MR) is 133 cm³/mol. The summed E-state index contributed by atoms with van der Waals surface area (Å²) < 4.78 is 40.3. The Hall–Kier alpha value is -3.04. The highest BCUT2D eigenvalue weighted by atomic mass is 79.9. The van der Waals surface area contributed by atoms with Crippen LogP contribution in [0.15, 0.2) is 70.0 Å². The summed E-state index contributed by atoms with van der Waals surface area (Å²) in [5.41, 5.74) is 2.62. The van der Waals surface area contributed by atoms with Crippen LogP contribution in [0.4, 0.5) is 11.4 Å². The minimum atomic E-state index is -3.99. The molecule has 0 fully saturated rings. The highest BCUT2D eigenvalue weighted by molar-refractivity contribution is 9.10. The second-order valence-electron chi connectivity index (χ2n) is 7.37. The van der Waals surface area contributed by atoms with Crippen molar-refractivity contribution in [3.63, 3.8) is 0 Å². The summed E-state index contributed by atoms with van der Waals surface area (Å²) in [5, 5.41) is 2.71. The number of ether oxygens (including phenoxy) is 2. The van der Waals surface area contributed by atoms with E-state index in [9.17, 15) is 13.2 Å². The van der Waals surface area contributed by atoms with E-state index in [1.807, 2.05) is 44.2 Å². The number of amides is 1. The lowest BCUT2D eigenvalue weighted by Crippen LogP contribution is -2.17. The fourth-order valence-corrected chi connectivity index (χ4v) is 4.82. The Morgan fingerprint density at radius 1 is 1.00 bits per heavy atom. The van der Waals surface area contributed by atoms with E-state index in [4.69, 9.17) is 9.47 Å². The number of sulfonamides is 1. The summed E-state index contributed by atoms with van der Waals surface area (Å²) in [7, 11) is -2.61. The third-order valence-corrected chi connectivity index (χ3v) is 6.86. The lowest BCUT2D eigenvalue weighted by molar-refractivity contribution is -0.116. The predicted octanol–water partition coefficient (Wildman–Crippen LogP) is 5.28. The number of para-hydroxylation sites is 1. The van der Waals surface area contributed by atoms with Crippen LogP contribution in [0.1, 0.15) is 17.5 Å². The maximum atomic E-state index is 13.1. The number of rotatable bonds is 9. The molecule has 0 aromatic heterocycles. The van der Waals surface area contributed by atoms with E-state index in [0.717, 1.165) is 16.9 Å². The van der Waals surface area contributed by atoms with E-state index in [-0.39, 0.29) is 29.6 Å². The zero-order chi connectivity index (χ0) is 24.0. The van der Waals surface area contributed by atoms with Crippen LogP contribution in [0.25, 0.3) is 0 Å². The monoisotopic (exact) mass is 532 g/mol. The van der Waals surface area contributed by atoms with Crippen LogP contribution in [0.3, 0.4) is 0 Å². The quantitative estimate of drug-likeness (QED) is 0.390. The molecule has 33 heavy (non-hydrogen) atoms. The molecule has 3 aromatic rings. The Kier molecular flexibility index (Phi) is 7.99. The first kappa shape index (κ1) is 24.6. The molecular formula is C24H25BrN2O5S. The van der Waals surface area contributed by atoms with Gasteiger partial charge in [-0.2, -0.15) is 0 Å². The van der Waals surface area contributed by atoms with Gasteiger partial charge >= 0.3 is 0 Å². The number of halogens is 1. The minimum Gasteiger partial charge on any atom is -0.495 e. The highest BCUT2D eigenvalue weighted by Crippen LogP contribution is 2.31. The Balaban J connectivity index is 1.72. The van der Waals surface area contributed by atoms with Crippen LogP contribution in [0.2, 0.25) is 0 Å². The minimum absolute atomic E-state index is 0.0904. The number of nitrogens with one attached hydrogen (secondary N) is 2. The zero-order valence-electron chi connectivity index (χ0n) is 18.5. The van der Waals surface area contributed by atoms with Crippen molar-refractivity contribution in [3.8, 4) is 11.5 Å². The molecule has 0 aliphatic rings. The Morgan fingerprint density at radius 3 is 2.48 bits per heavy atom. The number of aryl methyl sites for hydroxylation is 2.